The van der Waals surface area contributed by atoms with Crippen LogP contribution in [0.2, 0.25) is 0 Å². The van der Waals surface area contributed by atoms with E-state index in [0.29, 0.717) is 23.5 Å². The second-order valence-corrected chi connectivity index (χ2v) is 4.62. The van der Waals surface area contributed by atoms with Crippen molar-refractivity contribution >= 4 is 17.6 Å². The summed E-state index contributed by atoms with van der Waals surface area (Å²) >= 11 is 0. The van der Waals surface area contributed by atoms with Crippen molar-refractivity contribution in [3.05, 3.63) is 23.3 Å². The Kier molecular flexibility index (Phi) is 6.02. The van der Waals surface area contributed by atoms with E-state index in [-0.39, 0.29) is 5.69 Å². The van der Waals surface area contributed by atoms with E-state index in [1.165, 1.54) is 13.2 Å². The van der Waals surface area contributed by atoms with Gasteiger partial charge in [0.1, 0.15) is 5.75 Å². The highest BCUT2D eigenvalue weighted by molar-refractivity contribution is 5.95. The van der Waals surface area contributed by atoms with Crippen LogP contribution in [0.4, 0.5) is 5.69 Å². The molecule has 0 aliphatic rings. The molecule has 1 unspecified atom stereocenters. The van der Waals surface area contributed by atoms with Crippen LogP contribution in [0.1, 0.15) is 36.2 Å². The number of methoxy groups -OCH3 is 1. The Bertz CT molecular complexity index is 527. The minimum atomic E-state index is -0.758. The molecule has 21 heavy (non-hydrogen) atoms. The zero-order valence-corrected chi connectivity index (χ0v) is 12.8. The van der Waals surface area contributed by atoms with Crippen LogP contribution in [0.5, 0.6) is 5.75 Å². The van der Waals surface area contributed by atoms with Crippen molar-refractivity contribution in [3.63, 3.8) is 0 Å². The van der Waals surface area contributed by atoms with Crippen LogP contribution in [0.25, 0.3) is 0 Å². The Balaban J connectivity index is 2.94. The molecule has 0 fully saturated rings. The molecule has 2 N–H and O–H groups in total. The molecule has 0 amide bonds. The Morgan fingerprint density at radius 3 is 2.57 bits per heavy atom. The molecular formula is C15H21NO5. The van der Waals surface area contributed by atoms with E-state index in [4.69, 9.17) is 15.2 Å². The van der Waals surface area contributed by atoms with Gasteiger partial charge in [0.2, 0.25) is 0 Å². The highest BCUT2D eigenvalue weighted by Gasteiger charge is 2.19. The molecule has 0 heterocycles. The number of aryl methyl sites for hydroxylation is 1. The molecule has 1 aromatic carbocycles. The van der Waals surface area contributed by atoms with Gasteiger partial charge in [0.15, 0.2) is 6.10 Å². The van der Waals surface area contributed by atoms with Crippen molar-refractivity contribution in [2.45, 2.75) is 33.3 Å². The first-order chi connectivity index (χ1) is 9.90. The number of carbonyl (C=O) groups excluding carboxylic acids is 2. The summed E-state index contributed by atoms with van der Waals surface area (Å²) < 4.78 is 15.1. The summed E-state index contributed by atoms with van der Waals surface area (Å²) in [5, 5.41) is 0. The number of rotatable bonds is 6. The fraction of sp³-hybridized carbons (Fsp3) is 0.467. The molecule has 1 aromatic rings. The van der Waals surface area contributed by atoms with Gasteiger partial charge in [0.25, 0.3) is 0 Å². The van der Waals surface area contributed by atoms with Gasteiger partial charge in [-0.15, -0.1) is 0 Å². The maximum atomic E-state index is 11.8. The number of nitrogen functional groups attached to an aromatic ring is 1. The number of carbonyl (C=O) groups is 2. The molecule has 0 aromatic heterocycles. The van der Waals surface area contributed by atoms with Gasteiger partial charge >= 0.3 is 11.9 Å². The van der Waals surface area contributed by atoms with Crippen LogP contribution in [-0.4, -0.2) is 31.8 Å². The lowest BCUT2D eigenvalue weighted by atomic mass is 10.1. The molecular weight excluding hydrogens is 274 g/mol. The Hall–Kier alpha value is -2.24. The summed E-state index contributed by atoms with van der Waals surface area (Å²) in [4.78, 5) is 23.2. The summed E-state index contributed by atoms with van der Waals surface area (Å²) in [5.74, 6) is -0.526. The highest BCUT2D eigenvalue weighted by atomic mass is 16.6. The van der Waals surface area contributed by atoms with Gasteiger partial charge < -0.3 is 19.9 Å². The van der Waals surface area contributed by atoms with Gasteiger partial charge in [0.05, 0.1) is 19.3 Å². The lowest BCUT2D eigenvalue weighted by molar-refractivity contribution is -0.147. The predicted molar refractivity (Wildman–Crippen MR) is 78.3 cm³/mol. The Labute approximate surface area is 124 Å². The number of hydrogen-bond acceptors (Lipinski definition) is 6. The van der Waals surface area contributed by atoms with E-state index in [9.17, 15) is 9.59 Å². The summed E-state index contributed by atoms with van der Waals surface area (Å²) in [6.07, 6.45) is -0.0198. The molecule has 0 saturated heterocycles. The Morgan fingerprint density at radius 2 is 2.00 bits per heavy atom. The summed E-state index contributed by atoms with van der Waals surface area (Å²) in [6.45, 7) is 5.59. The monoisotopic (exact) mass is 295 g/mol. The standard InChI is InChI=1S/C15H21NO5/c1-5-6-20-15(18)11-7-9(2)13(8-12(11)16)21-10(3)14(17)19-4/h7-8,10H,5-6,16H2,1-4H3. The second-order valence-electron chi connectivity index (χ2n) is 4.62. The first kappa shape index (κ1) is 16.8. The minimum absolute atomic E-state index is 0.244. The van der Waals surface area contributed by atoms with Crippen LogP contribution in [0.3, 0.4) is 0 Å². The third-order valence-electron chi connectivity index (χ3n) is 2.84. The molecule has 0 bridgehead atoms. The quantitative estimate of drug-likeness (QED) is 0.638. The number of esters is 2. The number of ether oxygens (including phenoxy) is 3. The van der Waals surface area contributed by atoms with E-state index < -0.39 is 18.0 Å². The first-order valence-electron chi connectivity index (χ1n) is 6.72. The second kappa shape index (κ2) is 7.52. The molecule has 116 valence electrons. The van der Waals surface area contributed by atoms with Crippen molar-refractivity contribution in [2.75, 3.05) is 19.5 Å². The summed E-state index contributed by atoms with van der Waals surface area (Å²) in [7, 11) is 1.29. The fourth-order valence-corrected chi connectivity index (χ4v) is 1.68. The topological polar surface area (TPSA) is 87.8 Å². The summed E-state index contributed by atoms with van der Waals surface area (Å²) in [5.41, 5.74) is 7.07. The lowest BCUT2D eigenvalue weighted by Gasteiger charge is -2.16. The molecule has 6 nitrogen and oxygen atoms in total. The average molecular weight is 295 g/mol. The molecule has 6 heteroatoms. The van der Waals surface area contributed by atoms with Gasteiger partial charge in [-0.25, -0.2) is 9.59 Å². The van der Waals surface area contributed by atoms with Gasteiger partial charge in [-0.05, 0) is 31.9 Å². The van der Waals surface area contributed by atoms with Crippen LogP contribution in [-0.2, 0) is 14.3 Å². The van der Waals surface area contributed by atoms with Crippen LogP contribution in [0.15, 0.2) is 12.1 Å². The highest BCUT2D eigenvalue weighted by Crippen LogP contribution is 2.26. The molecule has 0 spiro atoms. The van der Waals surface area contributed by atoms with Crippen molar-refractivity contribution in [3.8, 4) is 5.75 Å². The SMILES string of the molecule is CCCOC(=O)c1cc(C)c(OC(C)C(=O)OC)cc1N. The van der Waals surface area contributed by atoms with E-state index >= 15 is 0 Å². The van der Waals surface area contributed by atoms with E-state index in [0.717, 1.165) is 6.42 Å². The molecule has 0 radical (unpaired) electrons. The normalized spacial score (nSPS) is 11.6. The Morgan fingerprint density at radius 1 is 1.33 bits per heavy atom. The molecule has 1 rings (SSSR count). The van der Waals surface area contributed by atoms with Crippen molar-refractivity contribution in [2.24, 2.45) is 0 Å². The van der Waals surface area contributed by atoms with Crippen molar-refractivity contribution in [1.82, 2.24) is 0 Å². The molecule has 1 atom stereocenters. The lowest BCUT2D eigenvalue weighted by Crippen LogP contribution is -2.25. The third kappa shape index (κ3) is 4.37. The van der Waals surface area contributed by atoms with Crippen molar-refractivity contribution in [1.29, 1.82) is 0 Å². The average Bonchev–Trinajstić information content (AvgIpc) is 2.46. The maximum absolute atomic E-state index is 11.8. The van der Waals surface area contributed by atoms with Gasteiger partial charge in [0, 0.05) is 11.8 Å². The number of nitrogens with two attached hydrogens (primary N) is 1. The molecule has 0 aliphatic heterocycles. The summed E-state index contributed by atoms with van der Waals surface area (Å²) in [6, 6.07) is 3.10. The number of benzene rings is 1. The minimum Gasteiger partial charge on any atom is -0.479 e. The van der Waals surface area contributed by atoms with Crippen molar-refractivity contribution < 1.29 is 23.8 Å². The first-order valence-corrected chi connectivity index (χ1v) is 6.72. The van der Waals surface area contributed by atoms with E-state index in [2.05, 4.69) is 4.74 Å². The third-order valence-corrected chi connectivity index (χ3v) is 2.84. The van der Waals surface area contributed by atoms with Gasteiger partial charge in [-0.3, -0.25) is 0 Å². The van der Waals surface area contributed by atoms with E-state index in [1.54, 1.807) is 19.9 Å². The zero-order chi connectivity index (χ0) is 16.0. The smallest absolute Gasteiger partial charge is 0.346 e. The number of hydrogen-bond donors (Lipinski definition) is 1. The molecule has 0 aliphatic carbocycles. The zero-order valence-electron chi connectivity index (χ0n) is 12.8. The van der Waals surface area contributed by atoms with Crippen LogP contribution < -0.4 is 10.5 Å². The number of anilines is 1. The van der Waals surface area contributed by atoms with Gasteiger partial charge in [-0.1, -0.05) is 6.92 Å². The fourth-order valence-electron chi connectivity index (χ4n) is 1.68. The maximum Gasteiger partial charge on any atom is 0.346 e. The largest absolute Gasteiger partial charge is 0.479 e. The van der Waals surface area contributed by atoms with Crippen LogP contribution >= 0.6 is 0 Å². The van der Waals surface area contributed by atoms with Gasteiger partial charge in [-0.2, -0.15) is 0 Å². The molecule has 0 saturated carbocycles. The van der Waals surface area contributed by atoms with E-state index in [1.807, 2.05) is 6.92 Å². The van der Waals surface area contributed by atoms with Crippen LogP contribution in [0, 0.1) is 6.92 Å². The predicted octanol–water partition coefficient (Wildman–Crippen LogP) is 2.08.